The van der Waals surface area contributed by atoms with Crippen molar-refractivity contribution in [3.8, 4) is 0 Å². The minimum atomic E-state index is -0.616. The Hall–Kier alpha value is -0.880. The van der Waals surface area contributed by atoms with Gasteiger partial charge in [-0.25, -0.2) is 0 Å². The van der Waals surface area contributed by atoms with Gasteiger partial charge in [0.1, 0.15) is 11.9 Å². The molecule has 5 nitrogen and oxygen atoms in total. The number of ether oxygens (including phenoxy) is 1. The number of nitrogens with zero attached hydrogens (tertiary/aromatic N) is 1. The second-order valence-corrected chi connectivity index (χ2v) is 6.15. The van der Waals surface area contributed by atoms with Crippen LogP contribution in [-0.2, 0) is 4.74 Å². The van der Waals surface area contributed by atoms with Gasteiger partial charge in [-0.05, 0) is 31.4 Å². The zero-order valence-electron chi connectivity index (χ0n) is 12.4. The van der Waals surface area contributed by atoms with Crippen molar-refractivity contribution >= 4 is 0 Å². The molecule has 2 N–H and O–H groups in total. The standard InChI is InChI=1S/C16H25NO4/c18-14-5-2-1-4-13(14)17-7-9-20-11-12(17)10-15(19)16-6-3-8-21-16/h3,6,8,12-15,18-19H,1-2,4-5,7,9-11H2. The summed E-state index contributed by atoms with van der Waals surface area (Å²) in [6.45, 7) is 2.15. The maximum atomic E-state index is 10.3. The van der Waals surface area contributed by atoms with E-state index in [4.69, 9.17) is 9.15 Å². The molecule has 4 atom stereocenters. The van der Waals surface area contributed by atoms with E-state index in [1.54, 1.807) is 18.4 Å². The van der Waals surface area contributed by atoms with Gasteiger partial charge in [0.05, 0.1) is 25.6 Å². The molecule has 0 radical (unpaired) electrons. The molecule has 1 saturated carbocycles. The average molecular weight is 295 g/mol. The van der Waals surface area contributed by atoms with Crippen molar-refractivity contribution in [3.63, 3.8) is 0 Å². The van der Waals surface area contributed by atoms with E-state index >= 15 is 0 Å². The summed E-state index contributed by atoms with van der Waals surface area (Å²) < 4.78 is 10.9. The molecule has 0 aromatic carbocycles. The minimum Gasteiger partial charge on any atom is -0.467 e. The highest BCUT2D eigenvalue weighted by atomic mass is 16.5. The third-order valence-corrected chi connectivity index (χ3v) is 4.76. The summed E-state index contributed by atoms with van der Waals surface area (Å²) >= 11 is 0. The smallest absolute Gasteiger partial charge is 0.132 e. The van der Waals surface area contributed by atoms with Crippen LogP contribution in [0.4, 0.5) is 0 Å². The summed E-state index contributed by atoms with van der Waals surface area (Å²) in [5, 5.41) is 20.6. The van der Waals surface area contributed by atoms with Crippen LogP contribution in [0.3, 0.4) is 0 Å². The maximum Gasteiger partial charge on any atom is 0.132 e. The SMILES string of the molecule is OC(CC1COCCN1C1CCCCC1O)c1ccco1. The Morgan fingerprint density at radius 1 is 1.33 bits per heavy atom. The van der Waals surface area contributed by atoms with Crippen LogP contribution in [0, 0.1) is 0 Å². The first-order chi connectivity index (χ1) is 10.3. The van der Waals surface area contributed by atoms with Crippen molar-refractivity contribution in [2.45, 2.75) is 56.4 Å². The Morgan fingerprint density at radius 3 is 2.95 bits per heavy atom. The molecule has 0 spiro atoms. The fourth-order valence-electron chi connectivity index (χ4n) is 3.64. The molecule has 1 saturated heterocycles. The van der Waals surface area contributed by atoms with E-state index in [9.17, 15) is 10.2 Å². The summed E-state index contributed by atoms with van der Waals surface area (Å²) in [6, 6.07) is 3.93. The summed E-state index contributed by atoms with van der Waals surface area (Å²) in [6.07, 6.45) is 5.50. The van der Waals surface area contributed by atoms with Crippen molar-refractivity contribution in [1.82, 2.24) is 4.90 Å². The highest BCUT2D eigenvalue weighted by Gasteiger charge is 2.36. The van der Waals surface area contributed by atoms with E-state index in [2.05, 4.69) is 4.90 Å². The monoisotopic (exact) mass is 295 g/mol. The quantitative estimate of drug-likeness (QED) is 0.885. The molecule has 2 aliphatic rings. The lowest BCUT2D eigenvalue weighted by atomic mass is 9.89. The lowest BCUT2D eigenvalue weighted by molar-refractivity contribution is -0.0821. The largest absolute Gasteiger partial charge is 0.467 e. The number of rotatable bonds is 4. The summed E-state index contributed by atoms with van der Waals surface area (Å²) in [7, 11) is 0. The number of morpholine rings is 1. The van der Waals surface area contributed by atoms with Crippen molar-refractivity contribution in [2.75, 3.05) is 19.8 Å². The van der Waals surface area contributed by atoms with Crippen LogP contribution in [-0.4, -0.2) is 53.1 Å². The Balaban J connectivity index is 1.66. The third kappa shape index (κ3) is 3.48. The molecule has 0 bridgehead atoms. The van der Waals surface area contributed by atoms with Gasteiger partial charge in [0.2, 0.25) is 0 Å². The topological polar surface area (TPSA) is 66.1 Å². The van der Waals surface area contributed by atoms with Crippen LogP contribution in [0.2, 0.25) is 0 Å². The van der Waals surface area contributed by atoms with E-state index in [0.717, 1.165) is 25.8 Å². The van der Waals surface area contributed by atoms with Gasteiger partial charge in [-0.3, -0.25) is 4.90 Å². The number of hydrogen-bond donors (Lipinski definition) is 2. The third-order valence-electron chi connectivity index (χ3n) is 4.76. The van der Waals surface area contributed by atoms with Crippen LogP contribution < -0.4 is 0 Å². The number of aliphatic hydroxyl groups is 2. The fourth-order valence-corrected chi connectivity index (χ4v) is 3.64. The molecule has 1 aliphatic heterocycles. The summed E-state index contributed by atoms with van der Waals surface area (Å²) in [5.74, 6) is 0.602. The van der Waals surface area contributed by atoms with E-state index in [1.807, 2.05) is 0 Å². The van der Waals surface area contributed by atoms with Gasteiger partial charge in [-0.2, -0.15) is 0 Å². The zero-order chi connectivity index (χ0) is 14.7. The zero-order valence-corrected chi connectivity index (χ0v) is 12.4. The Kier molecular flexibility index (Phi) is 4.95. The fraction of sp³-hybridized carbons (Fsp3) is 0.750. The highest BCUT2D eigenvalue weighted by molar-refractivity contribution is 5.03. The van der Waals surface area contributed by atoms with Gasteiger partial charge < -0.3 is 19.4 Å². The van der Waals surface area contributed by atoms with Gasteiger partial charge in [-0.1, -0.05) is 12.8 Å². The Bertz CT molecular complexity index is 422. The number of furan rings is 1. The molecular weight excluding hydrogens is 270 g/mol. The first-order valence-corrected chi connectivity index (χ1v) is 7.98. The van der Waals surface area contributed by atoms with Crippen LogP contribution in [0.5, 0.6) is 0 Å². The minimum absolute atomic E-state index is 0.136. The maximum absolute atomic E-state index is 10.3. The van der Waals surface area contributed by atoms with Crippen LogP contribution in [0.25, 0.3) is 0 Å². The van der Waals surface area contributed by atoms with Gasteiger partial charge in [0.25, 0.3) is 0 Å². The lowest BCUT2D eigenvalue weighted by Crippen LogP contribution is -2.55. The number of hydrogen-bond acceptors (Lipinski definition) is 5. The van der Waals surface area contributed by atoms with E-state index < -0.39 is 6.10 Å². The second kappa shape index (κ2) is 6.92. The van der Waals surface area contributed by atoms with Crippen molar-refractivity contribution in [2.24, 2.45) is 0 Å². The van der Waals surface area contributed by atoms with E-state index in [0.29, 0.717) is 25.4 Å². The Morgan fingerprint density at radius 2 is 2.19 bits per heavy atom. The molecule has 0 amide bonds. The van der Waals surface area contributed by atoms with Crippen LogP contribution >= 0.6 is 0 Å². The summed E-state index contributed by atoms with van der Waals surface area (Å²) in [4.78, 5) is 2.35. The molecule has 1 aromatic rings. The van der Waals surface area contributed by atoms with E-state index in [1.165, 1.54) is 6.42 Å². The first kappa shape index (κ1) is 15.0. The highest BCUT2D eigenvalue weighted by Crippen LogP contribution is 2.29. The molecule has 3 rings (SSSR count). The predicted molar refractivity (Wildman–Crippen MR) is 77.9 cm³/mol. The van der Waals surface area contributed by atoms with Crippen molar-refractivity contribution in [1.29, 1.82) is 0 Å². The second-order valence-electron chi connectivity index (χ2n) is 6.15. The molecule has 1 aliphatic carbocycles. The average Bonchev–Trinajstić information content (AvgIpc) is 3.03. The molecular formula is C16H25NO4. The van der Waals surface area contributed by atoms with Crippen molar-refractivity contribution in [3.05, 3.63) is 24.2 Å². The van der Waals surface area contributed by atoms with E-state index in [-0.39, 0.29) is 18.2 Å². The lowest BCUT2D eigenvalue weighted by Gasteiger charge is -2.45. The summed E-state index contributed by atoms with van der Waals surface area (Å²) in [5.41, 5.74) is 0. The van der Waals surface area contributed by atoms with Crippen LogP contribution in [0.15, 0.2) is 22.8 Å². The van der Waals surface area contributed by atoms with Gasteiger partial charge in [-0.15, -0.1) is 0 Å². The van der Waals surface area contributed by atoms with Gasteiger partial charge in [0, 0.05) is 18.6 Å². The van der Waals surface area contributed by atoms with Crippen molar-refractivity contribution < 1.29 is 19.4 Å². The predicted octanol–water partition coefficient (Wildman–Crippen LogP) is 1.71. The van der Waals surface area contributed by atoms with Gasteiger partial charge >= 0.3 is 0 Å². The molecule has 5 heteroatoms. The molecule has 21 heavy (non-hydrogen) atoms. The first-order valence-electron chi connectivity index (χ1n) is 7.98. The molecule has 1 aromatic heterocycles. The molecule has 2 heterocycles. The molecule has 4 unspecified atom stereocenters. The molecule has 2 fully saturated rings. The Labute approximate surface area is 125 Å². The molecule has 118 valence electrons. The number of aliphatic hydroxyl groups excluding tert-OH is 2. The van der Waals surface area contributed by atoms with Gasteiger partial charge in [0.15, 0.2) is 0 Å². The van der Waals surface area contributed by atoms with Crippen LogP contribution in [0.1, 0.15) is 44.0 Å². The normalized spacial score (nSPS) is 33.0.